The Balaban J connectivity index is 1.54. The molecule has 0 bridgehead atoms. The third-order valence-corrected chi connectivity index (χ3v) is 4.11. The molecule has 144 valence electrons. The zero-order valence-electron chi connectivity index (χ0n) is 14.9. The van der Waals surface area contributed by atoms with Crippen molar-refractivity contribution in [2.75, 3.05) is 5.32 Å². The van der Waals surface area contributed by atoms with Gasteiger partial charge in [0.2, 0.25) is 0 Å². The van der Waals surface area contributed by atoms with Gasteiger partial charge in [0, 0.05) is 12.6 Å². The maximum atomic E-state index is 12.1. The molecular formula is C19H17ClN4O4. The first-order chi connectivity index (χ1) is 13.4. The summed E-state index contributed by atoms with van der Waals surface area (Å²) >= 11 is 5.74. The predicted molar refractivity (Wildman–Crippen MR) is 104 cm³/mol. The van der Waals surface area contributed by atoms with Crippen molar-refractivity contribution in [1.82, 2.24) is 15.0 Å². The Morgan fingerprint density at radius 1 is 1.25 bits per heavy atom. The zero-order chi connectivity index (χ0) is 20.1. The van der Waals surface area contributed by atoms with E-state index in [0.717, 1.165) is 0 Å². The molecule has 0 spiro atoms. The number of carbonyl (C=O) groups is 2. The molecule has 28 heavy (non-hydrogen) atoms. The predicted octanol–water partition coefficient (Wildman–Crippen LogP) is 2.47. The van der Waals surface area contributed by atoms with Crippen molar-refractivity contribution >= 4 is 40.2 Å². The monoisotopic (exact) mass is 400 g/mol. The summed E-state index contributed by atoms with van der Waals surface area (Å²) in [4.78, 5) is 47.0. The van der Waals surface area contributed by atoms with Gasteiger partial charge >= 0.3 is 5.97 Å². The van der Waals surface area contributed by atoms with Gasteiger partial charge in [-0.2, -0.15) is 0 Å². The number of pyridine rings is 1. The summed E-state index contributed by atoms with van der Waals surface area (Å²) < 4.78 is 5.12. The lowest BCUT2D eigenvalue weighted by molar-refractivity contribution is -0.153. The van der Waals surface area contributed by atoms with Gasteiger partial charge in [0.05, 0.1) is 22.3 Å². The second-order valence-electron chi connectivity index (χ2n) is 6.01. The topological polar surface area (TPSA) is 114 Å². The Morgan fingerprint density at radius 2 is 2.04 bits per heavy atom. The van der Waals surface area contributed by atoms with Gasteiger partial charge in [0.25, 0.3) is 11.5 Å². The SMILES string of the molecule is C[C@H](OC(=O)CCc1nc2ccccc2c(=O)[nH]1)C(=O)Nc1ccc(Cl)cn1. The fraction of sp³-hybridized carbons (Fsp3) is 0.211. The first-order valence-electron chi connectivity index (χ1n) is 8.52. The van der Waals surface area contributed by atoms with Crippen LogP contribution in [0.1, 0.15) is 19.2 Å². The van der Waals surface area contributed by atoms with Crippen LogP contribution in [0.3, 0.4) is 0 Å². The molecule has 2 aromatic heterocycles. The molecule has 1 atom stereocenters. The molecule has 3 rings (SSSR count). The lowest BCUT2D eigenvalue weighted by Crippen LogP contribution is -2.30. The molecule has 2 heterocycles. The van der Waals surface area contributed by atoms with Gasteiger partial charge in [-0.3, -0.25) is 14.4 Å². The van der Waals surface area contributed by atoms with Crippen molar-refractivity contribution in [2.24, 2.45) is 0 Å². The molecule has 8 nitrogen and oxygen atoms in total. The molecule has 0 saturated heterocycles. The Morgan fingerprint density at radius 3 is 2.79 bits per heavy atom. The van der Waals surface area contributed by atoms with E-state index in [1.165, 1.54) is 19.2 Å². The van der Waals surface area contributed by atoms with E-state index in [9.17, 15) is 14.4 Å². The Kier molecular flexibility index (Phi) is 6.00. The highest BCUT2D eigenvalue weighted by Gasteiger charge is 2.18. The van der Waals surface area contributed by atoms with Crippen LogP contribution in [0.2, 0.25) is 5.02 Å². The van der Waals surface area contributed by atoms with Crippen LogP contribution in [-0.2, 0) is 20.7 Å². The average Bonchev–Trinajstić information content (AvgIpc) is 2.68. The minimum atomic E-state index is -1.01. The quantitative estimate of drug-likeness (QED) is 0.614. The Hall–Kier alpha value is -3.26. The number of para-hydroxylation sites is 1. The number of amides is 1. The highest BCUT2D eigenvalue weighted by Crippen LogP contribution is 2.11. The number of hydrogen-bond acceptors (Lipinski definition) is 6. The minimum absolute atomic E-state index is 0.0297. The van der Waals surface area contributed by atoms with Gasteiger partial charge in [-0.05, 0) is 31.2 Å². The number of aryl methyl sites for hydroxylation is 1. The lowest BCUT2D eigenvalue weighted by atomic mass is 10.2. The van der Waals surface area contributed by atoms with E-state index < -0.39 is 18.0 Å². The van der Waals surface area contributed by atoms with E-state index in [1.54, 1.807) is 30.3 Å². The maximum absolute atomic E-state index is 12.1. The number of nitrogens with one attached hydrogen (secondary N) is 2. The Bertz CT molecular complexity index is 1070. The van der Waals surface area contributed by atoms with Gasteiger partial charge in [0.1, 0.15) is 11.6 Å². The van der Waals surface area contributed by atoms with E-state index in [2.05, 4.69) is 20.3 Å². The number of anilines is 1. The number of aromatic amines is 1. The van der Waals surface area contributed by atoms with Crippen molar-refractivity contribution < 1.29 is 14.3 Å². The number of ether oxygens (including phenoxy) is 1. The molecule has 3 aromatic rings. The van der Waals surface area contributed by atoms with Crippen molar-refractivity contribution in [2.45, 2.75) is 25.9 Å². The minimum Gasteiger partial charge on any atom is -0.453 e. The van der Waals surface area contributed by atoms with E-state index in [4.69, 9.17) is 16.3 Å². The highest BCUT2D eigenvalue weighted by molar-refractivity contribution is 6.30. The largest absolute Gasteiger partial charge is 0.453 e. The molecule has 9 heteroatoms. The molecule has 0 saturated carbocycles. The van der Waals surface area contributed by atoms with Crippen LogP contribution < -0.4 is 10.9 Å². The van der Waals surface area contributed by atoms with Crippen molar-refractivity contribution in [3.05, 3.63) is 63.8 Å². The lowest BCUT2D eigenvalue weighted by Gasteiger charge is -2.13. The van der Waals surface area contributed by atoms with E-state index >= 15 is 0 Å². The molecule has 0 unspecified atom stereocenters. The first kappa shape index (κ1) is 19.5. The van der Waals surface area contributed by atoms with Crippen LogP contribution in [0, 0.1) is 0 Å². The summed E-state index contributed by atoms with van der Waals surface area (Å²) in [7, 11) is 0. The molecule has 1 aromatic carbocycles. The summed E-state index contributed by atoms with van der Waals surface area (Å²) in [5.41, 5.74) is 0.287. The number of halogens is 1. The molecule has 1 amide bonds. The number of carbonyl (C=O) groups excluding carboxylic acids is 2. The fourth-order valence-corrected chi connectivity index (χ4v) is 2.57. The molecule has 0 aliphatic carbocycles. The summed E-state index contributed by atoms with van der Waals surface area (Å²) in [5, 5.41) is 3.45. The standard InChI is InChI=1S/C19H17ClN4O4/c1-11(18(26)23-15-7-6-12(20)10-21-15)28-17(25)9-8-16-22-14-5-3-2-4-13(14)19(27)24-16/h2-7,10-11H,8-9H2,1H3,(H,21,23,26)(H,22,24,27)/t11-/m0/s1. The number of hydrogen-bond donors (Lipinski definition) is 2. The average molecular weight is 401 g/mol. The molecule has 0 aliphatic heterocycles. The van der Waals surface area contributed by atoms with Crippen LogP contribution in [0.25, 0.3) is 10.9 Å². The number of fused-ring (bicyclic) bond motifs is 1. The number of H-pyrrole nitrogens is 1. The van der Waals surface area contributed by atoms with E-state index in [0.29, 0.717) is 27.6 Å². The zero-order valence-corrected chi connectivity index (χ0v) is 15.7. The summed E-state index contributed by atoms with van der Waals surface area (Å²) in [6.45, 7) is 1.46. The van der Waals surface area contributed by atoms with Gasteiger partial charge < -0.3 is 15.0 Å². The Labute approximate surface area is 164 Å². The van der Waals surface area contributed by atoms with Gasteiger partial charge in [-0.25, -0.2) is 9.97 Å². The van der Waals surface area contributed by atoms with E-state index in [-0.39, 0.29) is 18.4 Å². The number of nitrogens with zero attached hydrogens (tertiary/aromatic N) is 2. The number of benzene rings is 1. The second-order valence-corrected chi connectivity index (χ2v) is 6.45. The van der Waals surface area contributed by atoms with Gasteiger partial charge in [0.15, 0.2) is 6.10 Å². The summed E-state index contributed by atoms with van der Waals surface area (Å²) in [5.74, 6) is -0.415. The normalized spacial score (nSPS) is 11.8. The number of rotatable bonds is 6. The number of esters is 1. The van der Waals surface area contributed by atoms with Crippen LogP contribution >= 0.6 is 11.6 Å². The van der Waals surface area contributed by atoms with Crippen LogP contribution in [0.15, 0.2) is 47.4 Å². The smallest absolute Gasteiger partial charge is 0.307 e. The maximum Gasteiger partial charge on any atom is 0.307 e. The molecule has 0 fully saturated rings. The molecular weight excluding hydrogens is 384 g/mol. The van der Waals surface area contributed by atoms with E-state index in [1.807, 2.05) is 0 Å². The van der Waals surface area contributed by atoms with Gasteiger partial charge in [-0.15, -0.1) is 0 Å². The third-order valence-electron chi connectivity index (χ3n) is 3.88. The first-order valence-corrected chi connectivity index (χ1v) is 8.90. The van der Waals surface area contributed by atoms with Crippen molar-refractivity contribution in [3.8, 4) is 0 Å². The van der Waals surface area contributed by atoms with Crippen molar-refractivity contribution in [3.63, 3.8) is 0 Å². The summed E-state index contributed by atoms with van der Waals surface area (Å²) in [6.07, 6.45) is 0.545. The summed E-state index contributed by atoms with van der Waals surface area (Å²) in [6, 6.07) is 10.1. The van der Waals surface area contributed by atoms with Gasteiger partial charge in [-0.1, -0.05) is 23.7 Å². The second kappa shape index (κ2) is 8.62. The molecule has 2 N–H and O–H groups in total. The van der Waals surface area contributed by atoms with Crippen LogP contribution in [0.4, 0.5) is 5.82 Å². The van der Waals surface area contributed by atoms with Crippen LogP contribution in [-0.4, -0.2) is 32.9 Å². The number of aromatic nitrogens is 3. The van der Waals surface area contributed by atoms with Crippen LogP contribution in [0.5, 0.6) is 0 Å². The highest BCUT2D eigenvalue weighted by atomic mass is 35.5. The third kappa shape index (κ3) is 4.92. The fourth-order valence-electron chi connectivity index (χ4n) is 2.46. The molecule has 0 radical (unpaired) electrons. The molecule has 0 aliphatic rings. The van der Waals surface area contributed by atoms with Crippen molar-refractivity contribution in [1.29, 1.82) is 0 Å².